The largest absolute Gasteiger partial charge is 0.478 e. The molecule has 114 valence electrons. The SMILES string of the molecule is O=C(O)c1ccccc1C(=O)Cc1nnc(-c2ccccc2)s1. The van der Waals surface area contributed by atoms with E-state index < -0.39 is 5.97 Å². The first-order valence-corrected chi connectivity index (χ1v) is 7.70. The number of carboxylic acids is 1. The van der Waals surface area contributed by atoms with Crippen LogP contribution in [0.4, 0.5) is 0 Å². The molecule has 0 atom stereocenters. The van der Waals surface area contributed by atoms with Gasteiger partial charge in [-0.1, -0.05) is 59.9 Å². The number of carboxylic acid groups (broad SMARTS) is 1. The number of rotatable bonds is 5. The van der Waals surface area contributed by atoms with Crippen LogP contribution in [-0.2, 0) is 6.42 Å². The van der Waals surface area contributed by atoms with Gasteiger partial charge in [0.1, 0.15) is 10.0 Å². The molecule has 2 aromatic carbocycles. The van der Waals surface area contributed by atoms with Crippen molar-refractivity contribution < 1.29 is 14.7 Å². The zero-order valence-corrected chi connectivity index (χ0v) is 12.8. The molecule has 0 aliphatic rings. The maximum absolute atomic E-state index is 12.4. The molecule has 3 rings (SSSR count). The van der Waals surface area contributed by atoms with Crippen molar-refractivity contribution >= 4 is 23.1 Å². The van der Waals surface area contributed by atoms with Crippen LogP contribution in [0.15, 0.2) is 54.6 Å². The second kappa shape index (κ2) is 6.50. The second-order valence-corrected chi connectivity index (χ2v) is 5.88. The number of aromatic nitrogens is 2. The molecule has 0 saturated heterocycles. The molecular weight excluding hydrogens is 312 g/mol. The van der Waals surface area contributed by atoms with Gasteiger partial charge in [-0.3, -0.25) is 4.79 Å². The van der Waals surface area contributed by atoms with Crippen LogP contribution >= 0.6 is 11.3 Å². The summed E-state index contributed by atoms with van der Waals surface area (Å²) in [6.45, 7) is 0. The molecule has 0 saturated carbocycles. The molecule has 1 heterocycles. The van der Waals surface area contributed by atoms with E-state index in [-0.39, 0.29) is 23.3 Å². The summed E-state index contributed by atoms with van der Waals surface area (Å²) in [6, 6.07) is 15.8. The number of carbonyl (C=O) groups is 2. The Kier molecular flexibility index (Phi) is 4.25. The summed E-state index contributed by atoms with van der Waals surface area (Å²) in [5.74, 6) is -1.39. The topological polar surface area (TPSA) is 80.1 Å². The van der Waals surface area contributed by atoms with Crippen LogP contribution in [0.1, 0.15) is 25.7 Å². The summed E-state index contributed by atoms with van der Waals surface area (Å²) in [5, 5.41) is 18.6. The molecule has 0 aliphatic heterocycles. The van der Waals surface area contributed by atoms with Crippen LogP contribution in [-0.4, -0.2) is 27.1 Å². The van der Waals surface area contributed by atoms with Gasteiger partial charge in [-0.2, -0.15) is 0 Å². The van der Waals surface area contributed by atoms with Crippen molar-refractivity contribution in [2.75, 3.05) is 0 Å². The van der Waals surface area contributed by atoms with E-state index in [9.17, 15) is 9.59 Å². The molecule has 0 fully saturated rings. The van der Waals surface area contributed by atoms with E-state index in [2.05, 4.69) is 10.2 Å². The fraction of sp³-hybridized carbons (Fsp3) is 0.0588. The molecule has 0 radical (unpaired) electrons. The van der Waals surface area contributed by atoms with Crippen LogP contribution in [0.25, 0.3) is 10.6 Å². The lowest BCUT2D eigenvalue weighted by molar-refractivity contribution is 0.0692. The molecule has 0 bridgehead atoms. The van der Waals surface area contributed by atoms with E-state index >= 15 is 0 Å². The van der Waals surface area contributed by atoms with Gasteiger partial charge in [0.15, 0.2) is 5.78 Å². The Morgan fingerprint density at radius 1 is 0.913 bits per heavy atom. The van der Waals surface area contributed by atoms with Crippen molar-refractivity contribution in [2.24, 2.45) is 0 Å². The Hall–Kier alpha value is -2.86. The minimum absolute atomic E-state index is 0.00491. The molecule has 1 aromatic heterocycles. The highest BCUT2D eigenvalue weighted by molar-refractivity contribution is 7.14. The minimum Gasteiger partial charge on any atom is -0.478 e. The fourth-order valence-corrected chi connectivity index (χ4v) is 3.01. The molecule has 0 amide bonds. The number of hydrogen-bond acceptors (Lipinski definition) is 5. The number of Topliss-reactive ketones (excluding diaryl/α,β-unsaturated/α-hetero) is 1. The summed E-state index contributed by atoms with van der Waals surface area (Å²) in [7, 11) is 0. The van der Waals surface area contributed by atoms with E-state index in [4.69, 9.17) is 5.11 Å². The highest BCUT2D eigenvalue weighted by atomic mass is 32.1. The number of nitrogens with zero attached hydrogens (tertiary/aromatic N) is 2. The third-order valence-corrected chi connectivity index (χ3v) is 4.23. The Bertz CT molecular complexity index is 859. The van der Waals surface area contributed by atoms with E-state index in [1.165, 1.54) is 23.5 Å². The van der Waals surface area contributed by atoms with Gasteiger partial charge >= 0.3 is 5.97 Å². The van der Waals surface area contributed by atoms with Crippen molar-refractivity contribution in [1.82, 2.24) is 10.2 Å². The molecule has 1 N–H and O–H groups in total. The second-order valence-electron chi connectivity index (χ2n) is 4.82. The highest BCUT2D eigenvalue weighted by Gasteiger charge is 2.18. The Morgan fingerprint density at radius 3 is 2.26 bits per heavy atom. The van der Waals surface area contributed by atoms with Crippen molar-refractivity contribution in [1.29, 1.82) is 0 Å². The Balaban J connectivity index is 1.82. The summed E-state index contributed by atoms with van der Waals surface area (Å²) in [4.78, 5) is 23.6. The van der Waals surface area contributed by atoms with Gasteiger partial charge in [-0.15, -0.1) is 10.2 Å². The van der Waals surface area contributed by atoms with Crippen LogP contribution in [0.3, 0.4) is 0 Å². The number of carbonyl (C=O) groups excluding carboxylic acids is 1. The van der Waals surface area contributed by atoms with Crippen LogP contribution in [0.5, 0.6) is 0 Å². The van der Waals surface area contributed by atoms with Gasteiger partial charge in [0.05, 0.1) is 12.0 Å². The normalized spacial score (nSPS) is 10.4. The van der Waals surface area contributed by atoms with E-state index in [1.807, 2.05) is 30.3 Å². The third kappa shape index (κ3) is 3.32. The van der Waals surface area contributed by atoms with Gasteiger partial charge in [0.25, 0.3) is 0 Å². The van der Waals surface area contributed by atoms with Gasteiger partial charge in [0.2, 0.25) is 0 Å². The standard InChI is InChI=1S/C17H12N2O3S/c20-14(12-8-4-5-9-13(12)17(21)22)10-15-18-19-16(23-15)11-6-2-1-3-7-11/h1-9H,10H2,(H,21,22). The molecule has 6 heteroatoms. The molecule has 0 spiro atoms. The Labute approximate surface area is 136 Å². The molecule has 0 unspecified atom stereocenters. The maximum Gasteiger partial charge on any atom is 0.336 e. The number of aromatic carboxylic acids is 1. The molecule has 5 nitrogen and oxygen atoms in total. The van der Waals surface area contributed by atoms with Crippen molar-refractivity contribution in [3.05, 3.63) is 70.7 Å². The van der Waals surface area contributed by atoms with Crippen molar-refractivity contribution in [3.8, 4) is 10.6 Å². The summed E-state index contributed by atoms with van der Waals surface area (Å²) >= 11 is 1.33. The first-order chi connectivity index (χ1) is 11.1. The monoisotopic (exact) mass is 324 g/mol. The predicted molar refractivity (Wildman–Crippen MR) is 86.8 cm³/mol. The first kappa shape index (κ1) is 15.1. The average Bonchev–Trinajstić information content (AvgIpc) is 3.04. The van der Waals surface area contributed by atoms with Crippen molar-refractivity contribution in [2.45, 2.75) is 6.42 Å². The molecular formula is C17H12N2O3S. The summed E-state index contributed by atoms with van der Waals surface area (Å²) in [5.41, 5.74) is 1.14. The molecule has 3 aromatic rings. The van der Waals surface area contributed by atoms with E-state index in [0.717, 1.165) is 10.6 Å². The predicted octanol–water partition coefficient (Wildman–Crippen LogP) is 3.33. The Morgan fingerprint density at radius 2 is 1.57 bits per heavy atom. The number of ketones is 1. The summed E-state index contributed by atoms with van der Waals surface area (Å²) < 4.78 is 0. The lowest BCUT2D eigenvalue weighted by Gasteiger charge is -2.03. The van der Waals surface area contributed by atoms with Crippen LogP contribution < -0.4 is 0 Å². The number of benzene rings is 2. The van der Waals surface area contributed by atoms with Gasteiger partial charge < -0.3 is 5.11 Å². The minimum atomic E-state index is -1.11. The number of hydrogen-bond donors (Lipinski definition) is 1. The van der Waals surface area contributed by atoms with Gasteiger partial charge in [-0.05, 0) is 6.07 Å². The van der Waals surface area contributed by atoms with Gasteiger partial charge in [0, 0.05) is 11.1 Å². The fourth-order valence-electron chi connectivity index (χ4n) is 2.17. The highest BCUT2D eigenvalue weighted by Crippen LogP contribution is 2.24. The lowest BCUT2D eigenvalue weighted by Crippen LogP contribution is -2.10. The average molecular weight is 324 g/mol. The lowest BCUT2D eigenvalue weighted by atomic mass is 10.0. The third-order valence-electron chi connectivity index (χ3n) is 3.26. The van der Waals surface area contributed by atoms with E-state index in [0.29, 0.717) is 5.01 Å². The molecule has 23 heavy (non-hydrogen) atoms. The van der Waals surface area contributed by atoms with Gasteiger partial charge in [-0.25, -0.2) is 4.79 Å². The quantitative estimate of drug-likeness (QED) is 0.728. The van der Waals surface area contributed by atoms with E-state index in [1.54, 1.807) is 12.1 Å². The smallest absolute Gasteiger partial charge is 0.336 e. The van der Waals surface area contributed by atoms with Crippen LogP contribution in [0.2, 0.25) is 0 Å². The summed E-state index contributed by atoms with van der Waals surface area (Å²) in [6.07, 6.45) is 0.0365. The zero-order valence-electron chi connectivity index (χ0n) is 12.0. The van der Waals surface area contributed by atoms with Crippen LogP contribution in [0, 0.1) is 0 Å². The zero-order chi connectivity index (χ0) is 16.2. The maximum atomic E-state index is 12.4. The molecule has 0 aliphatic carbocycles. The first-order valence-electron chi connectivity index (χ1n) is 6.88. The van der Waals surface area contributed by atoms with Crippen molar-refractivity contribution in [3.63, 3.8) is 0 Å².